The van der Waals surface area contributed by atoms with Gasteiger partial charge in [0.05, 0.1) is 0 Å². The van der Waals surface area contributed by atoms with E-state index < -0.39 is 0 Å². The van der Waals surface area contributed by atoms with Crippen molar-refractivity contribution >= 4 is 27.5 Å². The molecule has 0 bridgehead atoms. The molecule has 2 rings (SSSR count). The lowest BCUT2D eigenvalue weighted by Gasteiger charge is -2.19. The fourth-order valence-electron chi connectivity index (χ4n) is 1.98. The Hall–Kier alpha value is -1.55. The first kappa shape index (κ1) is 13.9. The molecule has 0 aliphatic heterocycles. The minimum atomic E-state index is -0.00870. The van der Waals surface area contributed by atoms with Gasteiger partial charge in [-0.2, -0.15) is 0 Å². The van der Waals surface area contributed by atoms with E-state index in [4.69, 9.17) is 0 Å². The van der Waals surface area contributed by atoms with Crippen LogP contribution in [0.15, 0.2) is 47.1 Å². The van der Waals surface area contributed by atoms with E-state index in [0.717, 1.165) is 10.2 Å². The second-order valence-corrected chi connectivity index (χ2v) is 5.66. The average molecular weight is 321 g/mol. The Balaban J connectivity index is 2.34. The third kappa shape index (κ3) is 2.89. The Morgan fingerprint density at radius 1 is 1.26 bits per heavy atom. The van der Waals surface area contributed by atoms with Crippen LogP contribution in [-0.2, 0) is 0 Å². The molecule has 0 fully saturated rings. The Morgan fingerprint density at radius 3 is 2.47 bits per heavy atom. The Labute approximate surface area is 122 Å². The van der Waals surface area contributed by atoms with Gasteiger partial charge in [-0.1, -0.05) is 18.2 Å². The van der Waals surface area contributed by atoms with Crippen LogP contribution in [0.2, 0.25) is 0 Å². The van der Waals surface area contributed by atoms with Crippen LogP contribution in [0.1, 0.15) is 30.4 Å². The quantitative estimate of drug-likeness (QED) is 0.835. The summed E-state index contributed by atoms with van der Waals surface area (Å²) in [4.78, 5) is 14.2. The number of rotatable bonds is 3. The van der Waals surface area contributed by atoms with Crippen molar-refractivity contribution in [3.05, 3.63) is 52.8 Å². The Bertz CT molecular complexity index is 575. The van der Waals surface area contributed by atoms with Crippen molar-refractivity contribution in [2.75, 3.05) is 11.9 Å². The lowest BCUT2D eigenvalue weighted by molar-refractivity contribution is 0.0982. The van der Waals surface area contributed by atoms with Crippen LogP contribution >= 0.6 is 15.9 Å². The first-order valence-electron chi connectivity index (χ1n) is 6.21. The van der Waals surface area contributed by atoms with E-state index in [2.05, 4.69) is 29.8 Å². The van der Waals surface area contributed by atoms with Crippen molar-refractivity contribution in [3.63, 3.8) is 0 Å². The molecule has 19 heavy (non-hydrogen) atoms. The van der Waals surface area contributed by atoms with E-state index in [9.17, 15) is 4.79 Å². The maximum Gasteiger partial charge on any atom is 0.274 e. The van der Waals surface area contributed by atoms with E-state index in [0.29, 0.717) is 5.69 Å². The van der Waals surface area contributed by atoms with E-state index >= 15 is 0 Å². The van der Waals surface area contributed by atoms with Crippen LogP contribution in [0.4, 0.5) is 5.69 Å². The lowest BCUT2D eigenvalue weighted by atomic mass is 10.2. The Kier molecular flexibility index (Phi) is 4.10. The van der Waals surface area contributed by atoms with Gasteiger partial charge in [0.2, 0.25) is 0 Å². The van der Waals surface area contributed by atoms with Crippen molar-refractivity contribution < 1.29 is 4.79 Å². The molecule has 0 saturated heterocycles. The monoisotopic (exact) mass is 320 g/mol. The molecule has 0 spiro atoms. The number of nitrogens with zero attached hydrogens (tertiary/aromatic N) is 2. The highest BCUT2D eigenvalue weighted by molar-refractivity contribution is 9.10. The predicted molar refractivity (Wildman–Crippen MR) is 81.7 cm³/mol. The fourth-order valence-corrected chi connectivity index (χ4v) is 2.42. The lowest BCUT2D eigenvalue weighted by Crippen LogP contribution is -2.28. The van der Waals surface area contributed by atoms with Crippen LogP contribution < -0.4 is 4.90 Å². The number of hydrogen-bond acceptors (Lipinski definition) is 1. The molecule has 0 aliphatic carbocycles. The topological polar surface area (TPSA) is 25.2 Å². The average Bonchev–Trinajstić information content (AvgIpc) is 2.80. The second kappa shape index (κ2) is 5.61. The summed E-state index contributed by atoms with van der Waals surface area (Å²) in [5, 5.41) is 0. The van der Waals surface area contributed by atoms with E-state index in [1.807, 2.05) is 47.2 Å². The summed E-state index contributed by atoms with van der Waals surface area (Å²) in [5.41, 5.74) is 1.58. The molecule has 4 heteroatoms. The van der Waals surface area contributed by atoms with Crippen LogP contribution in [0.5, 0.6) is 0 Å². The number of halogens is 1. The maximum atomic E-state index is 12.6. The SMILES string of the molecule is CC(C)n1cc(Br)cc1C(=O)N(C)c1ccccc1. The molecule has 0 radical (unpaired) electrons. The van der Waals surface area contributed by atoms with Gasteiger partial charge in [-0.3, -0.25) is 4.79 Å². The molecule has 0 atom stereocenters. The number of aromatic nitrogens is 1. The summed E-state index contributed by atoms with van der Waals surface area (Å²) in [6, 6.07) is 11.8. The molecule has 0 N–H and O–H groups in total. The van der Waals surface area contributed by atoms with Gasteiger partial charge in [0.1, 0.15) is 5.69 Å². The van der Waals surface area contributed by atoms with Gasteiger partial charge in [-0.15, -0.1) is 0 Å². The van der Waals surface area contributed by atoms with E-state index in [1.165, 1.54) is 0 Å². The van der Waals surface area contributed by atoms with Gasteiger partial charge in [0.15, 0.2) is 0 Å². The first-order chi connectivity index (χ1) is 9.00. The van der Waals surface area contributed by atoms with Gasteiger partial charge in [0, 0.05) is 29.4 Å². The zero-order valence-corrected chi connectivity index (χ0v) is 12.9. The third-order valence-electron chi connectivity index (χ3n) is 3.04. The zero-order valence-electron chi connectivity index (χ0n) is 11.3. The summed E-state index contributed by atoms with van der Waals surface area (Å²) in [7, 11) is 1.79. The normalized spacial score (nSPS) is 10.8. The molecule has 1 heterocycles. The highest BCUT2D eigenvalue weighted by atomic mass is 79.9. The standard InChI is InChI=1S/C15H17BrN2O/c1-11(2)18-10-12(16)9-14(18)15(19)17(3)13-7-5-4-6-8-13/h4-11H,1-3H3. The Morgan fingerprint density at radius 2 is 1.89 bits per heavy atom. The summed E-state index contributed by atoms with van der Waals surface area (Å²) in [6.45, 7) is 4.12. The van der Waals surface area contributed by atoms with Crippen LogP contribution in [-0.4, -0.2) is 17.5 Å². The van der Waals surface area contributed by atoms with Crippen molar-refractivity contribution in [1.82, 2.24) is 4.57 Å². The maximum absolute atomic E-state index is 12.6. The van der Waals surface area contributed by atoms with Crippen molar-refractivity contribution in [1.29, 1.82) is 0 Å². The molecule has 1 aromatic heterocycles. The third-order valence-corrected chi connectivity index (χ3v) is 3.47. The van der Waals surface area contributed by atoms with Gasteiger partial charge >= 0.3 is 0 Å². The van der Waals surface area contributed by atoms with Crippen LogP contribution in [0.25, 0.3) is 0 Å². The number of carbonyl (C=O) groups excluding carboxylic acids is 1. The number of amides is 1. The summed E-state index contributed by atoms with van der Waals surface area (Å²) < 4.78 is 2.90. The van der Waals surface area contributed by atoms with E-state index in [-0.39, 0.29) is 11.9 Å². The second-order valence-electron chi connectivity index (χ2n) is 4.74. The van der Waals surface area contributed by atoms with Crippen molar-refractivity contribution in [2.24, 2.45) is 0 Å². The number of benzene rings is 1. The van der Waals surface area contributed by atoms with Gasteiger partial charge < -0.3 is 9.47 Å². The number of carbonyl (C=O) groups is 1. The molecule has 3 nitrogen and oxygen atoms in total. The summed E-state index contributed by atoms with van der Waals surface area (Å²) in [5.74, 6) is -0.00870. The van der Waals surface area contributed by atoms with Crippen LogP contribution in [0, 0.1) is 0 Å². The highest BCUT2D eigenvalue weighted by Gasteiger charge is 2.19. The zero-order chi connectivity index (χ0) is 14.0. The number of anilines is 1. The van der Waals surface area contributed by atoms with Gasteiger partial charge in [-0.25, -0.2) is 0 Å². The highest BCUT2D eigenvalue weighted by Crippen LogP contribution is 2.22. The molecule has 100 valence electrons. The molecule has 0 saturated carbocycles. The fraction of sp³-hybridized carbons (Fsp3) is 0.267. The van der Waals surface area contributed by atoms with Gasteiger partial charge in [0.25, 0.3) is 5.91 Å². The van der Waals surface area contributed by atoms with Crippen molar-refractivity contribution in [2.45, 2.75) is 19.9 Å². The number of hydrogen-bond donors (Lipinski definition) is 0. The molecular weight excluding hydrogens is 304 g/mol. The number of para-hydroxylation sites is 1. The first-order valence-corrected chi connectivity index (χ1v) is 7.00. The summed E-state index contributed by atoms with van der Waals surface area (Å²) in [6.07, 6.45) is 1.94. The smallest absolute Gasteiger partial charge is 0.274 e. The molecule has 0 unspecified atom stereocenters. The van der Waals surface area contributed by atoms with E-state index in [1.54, 1.807) is 11.9 Å². The molecular formula is C15H17BrN2O. The molecule has 2 aromatic rings. The van der Waals surface area contributed by atoms with Crippen LogP contribution in [0.3, 0.4) is 0 Å². The molecule has 1 amide bonds. The van der Waals surface area contributed by atoms with Crippen molar-refractivity contribution in [3.8, 4) is 0 Å². The molecule has 1 aromatic carbocycles. The minimum absolute atomic E-state index is 0.00870. The predicted octanol–water partition coefficient (Wildman–Crippen LogP) is 4.11. The minimum Gasteiger partial charge on any atom is -0.340 e. The molecule has 0 aliphatic rings. The largest absolute Gasteiger partial charge is 0.340 e. The summed E-state index contributed by atoms with van der Waals surface area (Å²) >= 11 is 3.43. The van der Waals surface area contributed by atoms with Gasteiger partial charge in [-0.05, 0) is 48.0 Å².